The molecule has 0 unspecified atom stereocenters. The maximum Gasteiger partial charge on any atom is 0.275 e. The van der Waals surface area contributed by atoms with Crippen molar-refractivity contribution in [3.05, 3.63) is 52.7 Å². The van der Waals surface area contributed by atoms with Crippen LogP contribution >= 0.6 is 0 Å². The molecule has 0 spiro atoms. The Morgan fingerprint density at radius 3 is 2.75 bits per heavy atom. The molecule has 3 rings (SSSR count). The molecule has 0 aliphatic carbocycles. The molecule has 3 aromatic rings. The van der Waals surface area contributed by atoms with Gasteiger partial charge in [-0.15, -0.1) is 0 Å². The first kappa shape index (κ1) is 16.2. The van der Waals surface area contributed by atoms with Gasteiger partial charge >= 0.3 is 0 Å². The molecule has 0 aliphatic rings. The number of benzene rings is 1. The number of fused-ring (bicyclic) bond motifs is 3. The molecule has 2 aromatic heterocycles. The van der Waals surface area contributed by atoms with E-state index in [9.17, 15) is 14.0 Å². The third-order valence-corrected chi connectivity index (χ3v) is 3.94. The van der Waals surface area contributed by atoms with Crippen molar-refractivity contribution in [2.24, 2.45) is 0 Å². The Bertz CT molecular complexity index is 956. The monoisotopic (exact) mass is 329 g/mol. The number of hydrogen-bond acceptors (Lipinski definition) is 2. The van der Waals surface area contributed by atoms with E-state index in [0.29, 0.717) is 30.4 Å². The Labute approximate surface area is 138 Å². The average Bonchev–Trinajstić information content (AvgIpc) is 2.99. The first-order valence-electron chi connectivity index (χ1n) is 8.06. The molecule has 0 bridgehead atoms. The van der Waals surface area contributed by atoms with Crippen molar-refractivity contribution in [2.75, 3.05) is 0 Å². The zero-order valence-corrected chi connectivity index (χ0v) is 13.8. The van der Waals surface area contributed by atoms with Crippen LogP contribution in [0.5, 0.6) is 0 Å². The van der Waals surface area contributed by atoms with Crippen molar-refractivity contribution in [1.82, 2.24) is 14.3 Å². The first-order chi connectivity index (χ1) is 11.5. The molecule has 5 nitrogen and oxygen atoms in total. The number of aromatic nitrogens is 2. The summed E-state index contributed by atoms with van der Waals surface area (Å²) in [5.74, 6) is -0.433. The first-order valence-corrected chi connectivity index (χ1v) is 8.06. The molecule has 0 fully saturated rings. The molecule has 126 valence electrons. The fraction of sp³-hybridized carbons (Fsp3) is 0.333. The van der Waals surface area contributed by atoms with Gasteiger partial charge in [-0.3, -0.25) is 9.59 Å². The summed E-state index contributed by atoms with van der Waals surface area (Å²) in [6, 6.07) is 8.04. The molecule has 0 radical (unpaired) electrons. The van der Waals surface area contributed by atoms with Crippen LogP contribution in [-0.4, -0.2) is 20.9 Å². The maximum absolute atomic E-state index is 13.7. The Kier molecular flexibility index (Phi) is 4.38. The Balaban J connectivity index is 1.96. The molecule has 2 heterocycles. The molecule has 0 saturated carbocycles. The number of amides is 1. The van der Waals surface area contributed by atoms with E-state index in [-0.39, 0.29) is 23.3 Å². The zero-order valence-electron chi connectivity index (χ0n) is 13.8. The Hall–Kier alpha value is -2.63. The number of carbonyl (C=O) groups excluding carboxylic acids is 1. The summed E-state index contributed by atoms with van der Waals surface area (Å²) in [7, 11) is 0. The van der Waals surface area contributed by atoms with Gasteiger partial charge < -0.3 is 14.3 Å². The summed E-state index contributed by atoms with van der Waals surface area (Å²) < 4.78 is 17.0. The summed E-state index contributed by atoms with van der Waals surface area (Å²) >= 11 is 0. The molecule has 0 aliphatic heterocycles. The minimum atomic E-state index is -0.389. The fourth-order valence-electron chi connectivity index (χ4n) is 2.94. The van der Waals surface area contributed by atoms with Gasteiger partial charge in [-0.2, -0.15) is 0 Å². The van der Waals surface area contributed by atoms with Crippen LogP contribution in [0.4, 0.5) is 4.39 Å². The minimum absolute atomic E-state index is 0.0442. The van der Waals surface area contributed by atoms with Gasteiger partial charge in [0.2, 0.25) is 5.91 Å². The number of nitrogens with one attached hydrogen (secondary N) is 1. The van der Waals surface area contributed by atoms with Crippen molar-refractivity contribution in [3.63, 3.8) is 0 Å². The number of halogens is 1. The van der Waals surface area contributed by atoms with Crippen LogP contribution in [0.1, 0.15) is 26.7 Å². The highest BCUT2D eigenvalue weighted by Gasteiger charge is 2.12. The third-order valence-electron chi connectivity index (χ3n) is 3.94. The van der Waals surface area contributed by atoms with Crippen LogP contribution in [-0.2, 0) is 11.3 Å². The van der Waals surface area contributed by atoms with Gasteiger partial charge in [0.25, 0.3) is 5.56 Å². The van der Waals surface area contributed by atoms with E-state index >= 15 is 0 Å². The number of carbonyl (C=O) groups is 1. The van der Waals surface area contributed by atoms with Gasteiger partial charge in [0.15, 0.2) is 0 Å². The lowest BCUT2D eigenvalue weighted by atomic mass is 10.2. The van der Waals surface area contributed by atoms with Crippen molar-refractivity contribution < 1.29 is 9.18 Å². The maximum atomic E-state index is 13.7. The van der Waals surface area contributed by atoms with Gasteiger partial charge in [0.1, 0.15) is 11.3 Å². The van der Waals surface area contributed by atoms with Crippen molar-refractivity contribution in [1.29, 1.82) is 0 Å². The van der Waals surface area contributed by atoms with Crippen LogP contribution in [0, 0.1) is 5.82 Å². The number of rotatable bonds is 5. The van der Waals surface area contributed by atoms with Crippen LogP contribution in [0.25, 0.3) is 16.6 Å². The second-order valence-corrected chi connectivity index (χ2v) is 6.18. The zero-order chi connectivity index (χ0) is 17.3. The highest BCUT2D eigenvalue weighted by Crippen LogP contribution is 2.17. The van der Waals surface area contributed by atoms with E-state index in [4.69, 9.17) is 0 Å². The van der Waals surface area contributed by atoms with Crippen LogP contribution in [0.2, 0.25) is 0 Å². The Morgan fingerprint density at radius 2 is 2.00 bits per heavy atom. The number of hydrogen-bond donors (Lipinski definition) is 1. The fourth-order valence-corrected chi connectivity index (χ4v) is 2.94. The predicted molar refractivity (Wildman–Crippen MR) is 91.6 cm³/mol. The molecular weight excluding hydrogens is 309 g/mol. The summed E-state index contributed by atoms with van der Waals surface area (Å²) in [5, 5.41) is 2.82. The Morgan fingerprint density at radius 1 is 1.21 bits per heavy atom. The smallest absolute Gasteiger partial charge is 0.275 e. The van der Waals surface area contributed by atoms with E-state index in [0.717, 1.165) is 5.52 Å². The number of aryl methyl sites for hydroxylation is 1. The van der Waals surface area contributed by atoms with E-state index in [2.05, 4.69) is 5.32 Å². The summed E-state index contributed by atoms with van der Waals surface area (Å²) in [6.07, 6.45) is 2.63. The second kappa shape index (κ2) is 6.47. The highest BCUT2D eigenvalue weighted by molar-refractivity contribution is 5.79. The molecule has 1 N–H and O–H groups in total. The SMILES string of the molecule is CC(C)NC(=O)CCCn1c(=O)c2cccn2c2ccc(F)cc21. The normalized spacial score (nSPS) is 11.5. The van der Waals surface area contributed by atoms with Crippen LogP contribution in [0.3, 0.4) is 0 Å². The van der Waals surface area contributed by atoms with Crippen LogP contribution in [0.15, 0.2) is 41.3 Å². The largest absolute Gasteiger partial charge is 0.354 e. The van der Waals surface area contributed by atoms with E-state index in [1.54, 1.807) is 33.4 Å². The standard InChI is InChI=1S/C18H20FN3O2/c1-12(2)20-17(23)6-4-10-22-16-11-13(19)7-8-14(16)21-9-3-5-15(21)18(22)24/h3,5,7-9,11-12H,4,6,10H2,1-2H3,(H,20,23). The molecular formula is C18H20FN3O2. The summed E-state index contributed by atoms with van der Waals surface area (Å²) in [4.78, 5) is 24.4. The quantitative estimate of drug-likeness (QED) is 0.782. The lowest BCUT2D eigenvalue weighted by molar-refractivity contribution is -0.121. The summed E-state index contributed by atoms with van der Waals surface area (Å²) in [6.45, 7) is 4.17. The predicted octanol–water partition coefficient (Wildman–Crippen LogP) is 2.70. The number of nitrogens with zero attached hydrogens (tertiary/aromatic N) is 2. The summed E-state index contributed by atoms with van der Waals surface area (Å²) in [5.41, 5.74) is 1.67. The van der Waals surface area contributed by atoms with Crippen LogP contribution < -0.4 is 10.9 Å². The molecule has 1 amide bonds. The van der Waals surface area contributed by atoms with Crippen molar-refractivity contribution >= 4 is 22.5 Å². The van der Waals surface area contributed by atoms with E-state index < -0.39 is 0 Å². The van der Waals surface area contributed by atoms with E-state index in [1.807, 2.05) is 13.8 Å². The topological polar surface area (TPSA) is 55.5 Å². The van der Waals surface area contributed by atoms with Gasteiger partial charge in [-0.05, 0) is 50.6 Å². The van der Waals surface area contributed by atoms with Crippen molar-refractivity contribution in [3.8, 4) is 0 Å². The molecule has 0 atom stereocenters. The third kappa shape index (κ3) is 3.04. The van der Waals surface area contributed by atoms with Crippen molar-refractivity contribution in [2.45, 2.75) is 39.3 Å². The second-order valence-electron chi connectivity index (χ2n) is 6.18. The molecule has 0 saturated heterocycles. The average molecular weight is 329 g/mol. The van der Waals surface area contributed by atoms with Gasteiger partial charge in [-0.1, -0.05) is 0 Å². The van der Waals surface area contributed by atoms with E-state index in [1.165, 1.54) is 12.1 Å². The lowest BCUT2D eigenvalue weighted by Gasteiger charge is -2.13. The molecule has 6 heteroatoms. The minimum Gasteiger partial charge on any atom is -0.354 e. The van der Waals surface area contributed by atoms with Gasteiger partial charge in [0.05, 0.1) is 11.0 Å². The molecule has 1 aromatic carbocycles. The lowest BCUT2D eigenvalue weighted by Crippen LogP contribution is -2.30. The van der Waals surface area contributed by atoms with Gasteiger partial charge in [-0.25, -0.2) is 4.39 Å². The molecule has 24 heavy (non-hydrogen) atoms. The highest BCUT2D eigenvalue weighted by atomic mass is 19.1. The van der Waals surface area contributed by atoms with Gasteiger partial charge in [0, 0.05) is 25.2 Å².